The number of anilines is 1. The van der Waals surface area contributed by atoms with Crippen molar-refractivity contribution in [1.29, 1.82) is 0 Å². The van der Waals surface area contributed by atoms with E-state index in [1.165, 1.54) is 14.0 Å². The Labute approximate surface area is 116 Å². The Bertz CT molecular complexity index is 445. The highest BCUT2D eigenvalue weighted by Gasteiger charge is 2.21. The van der Waals surface area contributed by atoms with Crippen LogP contribution in [0.15, 0.2) is 0 Å². The van der Waals surface area contributed by atoms with Crippen molar-refractivity contribution in [1.82, 2.24) is 4.98 Å². The van der Waals surface area contributed by atoms with E-state index in [4.69, 9.17) is 4.74 Å². The number of thiazole rings is 1. The molecule has 1 heterocycles. The second-order valence-corrected chi connectivity index (χ2v) is 4.72. The average molecular weight is 286 g/mol. The van der Waals surface area contributed by atoms with E-state index in [0.29, 0.717) is 29.8 Å². The molecule has 0 spiro atoms. The zero-order valence-corrected chi connectivity index (χ0v) is 12.1. The highest BCUT2D eigenvalue weighted by Crippen LogP contribution is 2.24. The second kappa shape index (κ2) is 7.85. The number of nitrogens with one attached hydrogen (secondary N) is 1. The molecular formula is C12H18N2O4S. The summed E-state index contributed by atoms with van der Waals surface area (Å²) in [6.07, 6.45) is 0.830. The maximum Gasteiger partial charge on any atom is 0.358 e. The van der Waals surface area contributed by atoms with Gasteiger partial charge in [-0.3, -0.25) is 4.79 Å². The Hall–Kier alpha value is -1.47. The van der Waals surface area contributed by atoms with Gasteiger partial charge in [0, 0.05) is 26.7 Å². The van der Waals surface area contributed by atoms with Gasteiger partial charge in [0.2, 0.25) is 0 Å². The highest BCUT2D eigenvalue weighted by molar-refractivity contribution is 7.17. The van der Waals surface area contributed by atoms with Crippen molar-refractivity contribution in [2.75, 3.05) is 32.2 Å². The Morgan fingerprint density at radius 1 is 1.42 bits per heavy atom. The lowest BCUT2D eigenvalue weighted by Gasteiger charge is -2.02. The van der Waals surface area contributed by atoms with E-state index >= 15 is 0 Å². The summed E-state index contributed by atoms with van der Waals surface area (Å²) >= 11 is 1.16. The van der Waals surface area contributed by atoms with Crippen molar-refractivity contribution < 1.29 is 19.1 Å². The third kappa shape index (κ3) is 4.60. The molecule has 7 heteroatoms. The van der Waals surface area contributed by atoms with Crippen molar-refractivity contribution in [3.05, 3.63) is 10.6 Å². The summed E-state index contributed by atoms with van der Waals surface area (Å²) in [6.45, 7) is 5.37. The van der Waals surface area contributed by atoms with Crippen LogP contribution in [-0.2, 0) is 9.47 Å². The predicted octanol–water partition coefficient (Wildman–Crippen LogP) is 1.97. The highest BCUT2D eigenvalue weighted by atomic mass is 32.1. The van der Waals surface area contributed by atoms with Crippen LogP contribution in [-0.4, -0.2) is 43.6 Å². The monoisotopic (exact) mass is 286 g/mol. The first-order chi connectivity index (χ1) is 9.10. The van der Waals surface area contributed by atoms with Gasteiger partial charge in [-0.05, 0) is 13.3 Å². The molecule has 6 nitrogen and oxygen atoms in total. The molecule has 0 aliphatic carbocycles. The Kier molecular flexibility index (Phi) is 6.44. The Morgan fingerprint density at radius 2 is 2.16 bits per heavy atom. The number of hydrogen-bond acceptors (Lipinski definition) is 7. The minimum absolute atomic E-state index is 0.0762. The molecule has 1 aromatic rings. The molecule has 0 saturated carbocycles. The maximum absolute atomic E-state index is 11.5. The summed E-state index contributed by atoms with van der Waals surface area (Å²) in [5.74, 6) is -0.788. The summed E-state index contributed by atoms with van der Waals surface area (Å²) in [6, 6.07) is 0. The first kappa shape index (κ1) is 15.6. The summed E-state index contributed by atoms with van der Waals surface area (Å²) in [5.41, 5.74) is 0.0762. The van der Waals surface area contributed by atoms with Gasteiger partial charge in [-0.1, -0.05) is 11.3 Å². The van der Waals surface area contributed by atoms with Gasteiger partial charge in [0.15, 0.2) is 16.6 Å². The zero-order valence-electron chi connectivity index (χ0n) is 11.3. The predicted molar refractivity (Wildman–Crippen MR) is 73.1 cm³/mol. The first-order valence-corrected chi connectivity index (χ1v) is 6.83. The minimum atomic E-state index is -0.594. The molecule has 0 aromatic carbocycles. The largest absolute Gasteiger partial charge is 0.464 e. The molecule has 0 saturated heterocycles. The van der Waals surface area contributed by atoms with Gasteiger partial charge < -0.3 is 14.8 Å². The smallest absolute Gasteiger partial charge is 0.358 e. The topological polar surface area (TPSA) is 77.5 Å². The number of rotatable bonds is 8. The van der Waals surface area contributed by atoms with E-state index in [-0.39, 0.29) is 11.5 Å². The fourth-order valence-corrected chi connectivity index (χ4v) is 2.26. The van der Waals surface area contributed by atoms with Gasteiger partial charge in [-0.2, -0.15) is 0 Å². The number of Topliss-reactive ketones (excluding diaryl/α,β-unsaturated/α-hetero) is 1. The number of methoxy groups -OCH3 is 1. The number of carbonyl (C=O) groups is 2. The maximum atomic E-state index is 11.5. The Balaban J connectivity index is 2.65. The molecule has 1 aromatic heterocycles. The molecule has 0 fully saturated rings. The van der Waals surface area contributed by atoms with E-state index in [2.05, 4.69) is 15.0 Å². The van der Waals surface area contributed by atoms with Crippen LogP contribution in [0.4, 0.5) is 5.13 Å². The van der Waals surface area contributed by atoms with Gasteiger partial charge in [0.05, 0.1) is 7.11 Å². The van der Waals surface area contributed by atoms with Crippen molar-refractivity contribution in [3.8, 4) is 0 Å². The third-order valence-electron chi connectivity index (χ3n) is 2.27. The number of esters is 1. The summed E-state index contributed by atoms with van der Waals surface area (Å²) < 4.78 is 9.81. The van der Waals surface area contributed by atoms with E-state index in [0.717, 1.165) is 17.8 Å². The molecular weight excluding hydrogens is 268 g/mol. The van der Waals surface area contributed by atoms with Crippen molar-refractivity contribution in [2.45, 2.75) is 20.3 Å². The third-order valence-corrected chi connectivity index (χ3v) is 3.39. The fraction of sp³-hybridized carbons (Fsp3) is 0.583. The first-order valence-electron chi connectivity index (χ1n) is 6.01. The summed E-state index contributed by atoms with van der Waals surface area (Å²) in [5, 5.41) is 3.61. The number of ether oxygens (including phenoxy) is 2. The molecule has 1 rings (SSSR count). The van der Waals surface area contributed by atoms with Crippen LogP contribution in [0.1, 0.15) is 40.4 Å². The van der Waals surface area contributed by atoms with E-state index < -0.39 is 5.97 Å². The average Bonchev–Trinajstić information content (AvgIpc) is 2.82. The van der Waals surface area contributed by atoms with Crippen LogP contribution in [0.5, 0.6) is 0 Å². The summed E-state index contributed by atoms with van der Waals surface area (Å²) in [4.78, 5) is 27.3. The van der Waals surface area contributed by atoms with E-state index in [9.17, 15) is 9.59 Å². The van der Waals surface area contributed by atoms with Crippen molar-refractivity contribution in [2.24, 2.45) is 0 Å². The normalized spacial score (nSPS) is 10.3. The van der Waals surface area contributed by atoms with Gasteiger partial charge in [0.1, 0.15) is 4.88 Å². The zero-order chi connectivity index (χ0) is 14.3. The number of ketones is 1. The SMILES string of the molecule is CCOCCCNc1nc(C(=O)OC)c(C(C)=O)s1. The molecule has 0 atom stereocenters. The standard InChI is InChI=1S/C12H18N2O4S/c1-4-18-7-5-6-13-12-14-9(11(16)17-3)10(19-12)8(2)15/h4-7H2,1-3H3,(H,13,14). The molecule has 0 amide bonds. The van der Waals surface area contributed by atoms with Crippen LogP contribution < -0.4 is 5.32 Å². The van der Waals surface area contributed by atoms with Crippen molar-refractivity contribution >= 4 is 28.2 Å². The lowest BCUT2D eigenvalue weighted by Crippen LogP contribution is -2.08. The number of aromatic nitrogens is 1. The Morgan fingerprint density at radius 3 is 2.74 bits per heavy atom. The van der Waals surface area contributed by atoms with Crippen LogP contribution in [0.25, 0.3) is 0 Å². The molecule has 106 valence electrons. The molecule has 0 radical (unpaired) electrons. The minimum Gasteiger partial charge on any atom is -0.464 e. The molecule has 0 unspecified atom stereocenters. The van der Waals surface area contributed by atoms with Crippen LogP contribution in [0, 0.1) is 0 Å². The van der Waals surface area contributed by atoms with Gasteiger partial charge in [-0.15, -0.1) is 0 Å². The van der Waals surface area contributed by atoms with Gasteiger partial charge in [-0.25, -0.2) is 9.78 Å². The fourth-order valence-electron chi connectivity index (χ4n) is 1.38. The van der Waals surface area contributed by atoms with Gasteiger partial charge >= 0.3 is 5.97 Å². The second-order valence-electron chi connectivity index (χ2n) is 3.72. The number of nitrogens with zero attached hydrogens (tertiary/aromatic N) is 1. The molecule has 0 aliphatic heterocycles. The number of carbonyl (C=O) groups excluding carboxylic acids is 2. The van der Waals surface area contributed by atoms with Gasteiger partial charge in [0.25, 0.3) is 0 Å². The van der Waals surface area contributed by atoms with Crippen molar-refractivity contribution in [3.63, 3.8) is 0 Å². The van der Waals surface area contributed by atoms with E-state index in [1.54, 1.807) is 0 Å². The lowest BCUT2D eigenvalue weighted by molar-refractivity contribution is 0.0591. The molecule has 19 heavy (non-hydrogen) atoms. The van der Waals surface area contributed by atoms with Crippen LogP contribution in [0.3, 0.4) is 0 Å². The van der Waals surface area contributed by atoms with E-state index in [1.807, 2.05) is 6.92 Å². The molecule has 0 aliphatic rings. The number of hydrogen-bond donors (Lipinski definition) is 1. The van der Waals surface area contributed by atoms with Crippen LogP contribution in [0.2, 0.25) is 0 Å². The quantitative estimate of drug-likeness (QED) is 0.447. The summed E-state index contributed by atoms with van der Waals surface area (Å²) in [7, 11) is 1.26. The lowest BCUT2D eigenvalue weighted by atomic mass is 10.3. The molecule has 1 N–H and O–H groups in total. The molecule has 0 bridgehead atoms. The van der Waals surface area contributed by atoms with Crippen LogP contribution >= 0.6 is 11.3 Å².